The standard InChI is InChI=1S/C25H25ClN2O2S/c1-4-24(29)28(19-12-10-18(26)11-13-19)22-15-16(2)27(21-8-6-5-7-20(21)22)25(30)23-14-9-17(3)31-23/h5-14,16,22H,4,15H2,1-3H3/t16?,22-/m0/s1. The molecule has 0 saturated carbocycles. The lowest BCUT2D eigenvalue weighted by molar-refractivity contribution is -0.118. The van der Waals surface area contributed by atoms with Gasteiger partial charge in [0, 0.05) is 33.7 Å². The second kappa shape index (κ2) is 8.85. The Balaban J connectivity index is 1.79. The lowest BCUT2D eigenvalue weighted by atomic mass is 9.89. The van der Waals surface area contributed by atoms with Crippen LogP contribution in [-0.2, 0) is 4.79 Å². The smallest absolute Gasteiger partial charge is 0.268 e. The van der Waals surface area contributed by atoms with Crippen LogP contribution in [0.4, 0.5) is 11.4 Å². The van der Waals surface area contributed by atoms with Crippen LogP contribution in [-0.4, -0.2) is 17.9 Å². The molecular formula is C25H25ClN2O2S. The van der Waals surface area contributed by atoms with E-state index in [9.17, 15) is 9.59 Å². The fraction of sp³-hybridized carbons (Fsp3) is 0.280. The lowest BCUT2D eigenvalue weighted by Gasteiger charge is -2.43. The third-order valence-electron chi connectivity index (χ3n) is 5.72. The number of hydrogen-bond acceptors (Lipinski definition) is 3. The van der Waals surface area contributed by atoms with Gasteiger partial charge in [-0.1, -0.05) is 36.7 Å². The van der Waals surface area contributed by atoms with Crippen LogP contribution in [0.1, 0.15) is 52.8 Å². The van der Waals surface area contributed by atoms with Crippen molar-refractivity contribution < 1.29 is 9.59 Å². The minimum Gasteiger partial charge on any atom is -0.305 e. The highest BCUT2D eigenvalue weighted by molar-refractivity contribution is 7.14. The zero-order chi connectivity index (χ0) is 22.1. The van der Waals surface area contributed by atoms with Crippen LogP contribution in [0, 0.1) is 6.92 Å². The Bertz CT molecular complexity index is 1110. The molecule has 6 heteroatoms. The molecule has 160 valence electrons. The van der Waals surface area contributed by atoms with Gasteiger partial charge in [-0.3, -0.25) is 9.59 Å². The molecule has 0 N–H and O–H groups in total. The van der Waals surface area contributed by atoms with Gasteiger partial charge in [0.25, 0.3) is 5.91 Å². The topological polar surface area (TPSA) is 40.6 Å². The molecule has 0 spiro atoms. The Morgan fingerprint density at radius 1 is 1.10 bits per heavy atom. The van der Waals surface area contributed by atoms with Gasteiger partial charge in [0.1, 0.15) is 0 Å². The number of benzene rings is 2. The Kier molecular flexibility index (Phi) is 6.17. The number of carbonyl (C=O) groups excluding carboxylic acids is 2. The molecule has 0 fully saturated rings. The Morgan fingerprint density at radius 3 is 2.45 bits per heavy atom. The summed E-state index contributed by atoms with van der Waals surface area (Å²) in [4.78, 5) is 32.1. The van der Waals surface area contributed by atoms with Crippen molar-refractivity contribution in [3.05, 3.63) is 81.0 Å². The van der Waals surface area contributed by atoms with Crippen molar-refractivity contribution in [3.63, 3.8) is 0 Å². The Hall–Kier alpha value is -2.63. The van der Waals surface area contributed by atoms with E-state index in [0.29, 0.717) is 17.9 Å². The molecule has 1 aromatic heterocycles. The van der Waals surface area contributed by atoms with E-state index in [-0.39, 0.29) is 23.9 Å². The number of rotatable bonds is 4. The predicted molar refractivity (Wildman–Crippen MR) is 128 cm³/mol. The van der Waals surface area contributed by atoms with E-state index in [1.165, 1.54) is 11.3 Å². The van der Waals surface area contributed by atoms with Gasteiger partial charge in [-0.2, -0.15) is 0 Å². The molecule has 2 atom stereocenters. The van der Waals surface area contributed by atoms with Gasteiger partial charge in [0.05, 0.1) is 10.9 Å². The first-order chi connectivity index (χ1) is 14.9. The zero-order valence-corrected chi connectivity index (χ0v) is 19.4. The Labute approximate surface area is 192 Å². The van der Waals surface area contributed by atoms with Crippen LogP contribution in [0.25, 0.3) is 0 Å². The van der Waals surface area contributed by atoms with Gasteiger partial charge < -0.3 is 9.80 Å². The molecule has 2 amide bonds. The van der Waals surface area contributed by atoms with Crippen molar-refractivity contribution >= 4 is 46.1 Å². The van der Waals surface area contributed by atoms with Crippen LogP contribution < -0.4 is 9.80 Å². The molecule has 31 heavy (non-hydrogen) atoms. The molecule has 4 nitrogen and oxygen atoms in total. The summed E-state index contributed by atoms with van der Waals surface area (Å²) < 4.78 is 0. The fourth-order valence-corrected chi connectivity index (χ4v) is 5.20. The first-order valence-electron chi connectivity index (χ1n) is 10.5. The summed E-state index contributed by atoms with van der Waals surface area (Å²) in [7, 11) is 0. The largest absolute Gasteiger partial charge is 0.305 e. The zero-order valence-electron chi connectivity index (χ0n) is 17.8. The van der Waals surface area contributed by atoms with Crippen molar-refractivity contribution in [1.29, 1.82) is 0 Å². The number of halogens is 1. The average Bonchev–Trinajstić information content (AvgIpc) is 3.21. The highest BCUT2D eigenvalue weighted by Crippen LogP contribution is 2.43. The second-order valence-electron chi connectivity index (χ2n) is 7.84. The molecule has 1 aliphatic heterocycles. The number of aryl methyl sites for hydroxylation is 1. The normalized spacial score (nSPS) is 17.9. The van der Waals surface area contributed by atoms with Crippen molar-refractivity contribution in [3.8, 4) is 0 Å². The van der Waals surface area contributed by atoms with Crippen LogP contribution in [0.2, 0.25) is 5.02 Å². The molecule has 2 heterocycles. The summed E-state index contributed by atoms with van der Waals surface area (Å²) >= 11 is 7.60. The van der Waals surface area contributed by atoms with Gasteiger partial charge in [-0.25, -0.2) is 0 Å². The maximum Gasteiger partial charge on any atom is 0.268 e. The monoisotopic (exact) mass is 452 g/mol. The number of fused-ring (bicyclic) bond motifs is 1. The highest BCUT2D eigenvalue weighted by Gasteiger charge is 2.38. The summed E-state index contributed by atoms with van der Waals surface area (Å²) in [6.07, 6.45) is 1.05. The summed E-state index contributed by atoms with van der Waals surface area (Å²) in [6, 6.07) is 18.9. The quantitative estimate of drug-likeness (QED) is 0.445. The van der Waals surface area contributed by atoms with E-state index < -0.39 is 0 Å². The van der Waals surface area contributed by atoms with Crippen LogP contribution in [0.5, 0.6) is 0 Å². The molecule has 3 aromatic rings. The molecule has 0 aliphatic carbocycles. The van der Waals surface area contributed by atoms with E-state index in [1.807, 2.05) is 72.2 Å². The first-order valence-corrected chi connectivity index (χ1v) is 11.7. The average molecular weight is 453 g/mol. The summed E-state index contributed by atoms with van der Waals surface area (Å²) in [5, 5.41) is 0.632. The SMILES string of the molecule is CCC(=O)N(c1ccc(Cl)cc1)[C@H]1CC(C)N(C(=O)c2ccc(C)s2)c2ccccc21. The molecular weight excluding hydrogens is 428 g/mol. The summed E-state index contributed by atoms with van der Waals surface area (Å²) in [6.45, 7) is 5.93. The summed E-state index contributed by atoms with van der Waals surface area (Å²) in [5.41, 5.74) is 2.67. The fourth-order valence-electron chi connectivity index (χ4n) is 4.27. The summed E-state index contributed by atoms with van der Waals surface area (Å²) in [5.74, 6) is 0.0549. The number of thiophene rings is 1. The van der Waals surface area contributed by atoms with Gasteiger partial charge in [0.2, 0.25) is 5.91 Å². The maximum absolute atomic E-state index is 13.4. The highest BCUT2D eigenvalue weighted by atomic mass is 35.5. The molecule has 0 bridgehead atoms. The molecule has 1 unspecified atom stereocenters. The molecule has 2 aromatic carbocycles. The predicted octanol–water partition coefficient (Wildman–Crippen LogP) is 6.63. The lowest BCUT2D eigenvalue weighted by Crippen LogP contribution is -2.47. The van der Waals surface area contributed by atoms with Crippen LogP contribution >= 0.6 is 22.9 Å². The van der Waals surface area contributed by atoms with Gasteiger partial charge in [-0.05, 0) is 68.3 Å². The third-order valence-corrected chi connectivity index (χ3v) is 6.96. The van der Waals surface area contributed by atoms with Crippen LogP contribution in [0.15, 0.2) is 60.7 Å². The number of anilines is 2. The van der Waals surface area contributed by atoms with Gasteiger partial charge in [0.15, 0.2) is 0 Å². The number of para-hydroxylation sites is 1. The number of hydrogen-bond donors (Lipinski definition) is 0. The minimum absolute atomic E-state index is 0.0105. The van der Waals surface area contributed by atoms with Crippen molar-refractivity contribution in [2.75, 3.05) is 9.80 Å². The van der Waals surface area contributed by atoms with E-state index >= 15 is 0 Å². The van der Waals surface area contributed by atoms with E-state index in [0.717, 1.165) is 26.7 Å². The molecule has 1 aliphatic rings. The number of amides is 2. The van der Waals surface area contributed by atoms with E-state index in [1.54, 1.807) is 12.1 Å². The Morgan fingerprint density at radius 2 is 1.81 bits per heavy atom. The first kappa shape index (κ1) is 21.6. The van der Waals surface area contributed by atoms with Gasteiger partial charge in [-0.15, -0.1) is 11.3 Å². The van der Waals surface area contributed by atoms with E-state index in [4.69, 9.17) is 11.6 Å². The molecule has 0 radical (unpaired) electrons. The maximum atomic E-state index is 13.4. The van der Waals surface area contributed by atoms with Gasteiger partial charge >= 0.3 is 0 Å². The number of nitrogens with zero attached hydrogens (tertiary/aromatic N) is 2. The minimum atomic E-state index is -0.158. The molecule has 0 saturated heterocycles. The number of carbonyl (C=O) groups is 2. The van der Waals surface area contributed by atoms with Crippen molar-refractivity contribution in [2.45, 2.75) is 45.7 Å². The van der Waals surface area contributed by atoms with Crippen LogP contribution in [0.3, 0.4) is 0 Å². The van der Waals surface area contributed by atoms with Crippen molar-refractivity contribution in [1.82, 2.24) is 0 Å². The van der Waals surface area contributed by atoms with E-state index in [2.05, 4.69) is 6.92 Å². The van der Waals surface area contributed by atoms with Crippen molar-refractivity contribution in [2.24, 2.45) is 0 Å². The molecule has 4 rings (SSSR count). The third kappa shape index (κ3) is 4.12. The second-order valence-corrected chi connectivity index (χ2v) is 9.56.